The lowest BCUT2D eigenvalue weighted by Crippen LogP contribution is -2.40. The number of amides is 2. The molecule has 4 nitrogen and oxygen atoms in total. The van der Waals surface area contributed by atoms with Crippen LogP contribution in [0.3, 0.4) is 0 Å². The van der Waals surface area contributed by atoms with E-state index in [0.717, 1.165) is 37.1 Å². The summed E-state index contributed by atoms with van der Waals surface area (Å²) in [4.78, 5) is 26.3. The zero-order chi connectivity index (χ0) is 15.2. The van der Waals surface area contributed by atoms with Gasteiger partial charge < -0.3 is 10.2 Å². The number of carbonyl (C=O) groups excluding carboxylic acids is 2. The van der Waals surface area contributed by atoms with Gasteiger partial charge in [0.1, 0.15) is 0 Å². The SMILES string of the molecule is CC(C)(C)NC(=O)c1ccc2c(c1)CCN2C(=O)C1CC1. The number of fused-ring (bicyclic) bond motifs is 1. The molecule has 1 aromatic rings. The molecule has 0 spiro atoms. The molecule has 0 unspecified atom stereocenters. The van der Waals surface area contributed by atoms with E-state index in [9.17, 15) is 9.59 Å². The lowest BCUT2D eigenvalue weighted by Gasteiger charge is -2.21. The van der Waals surface area contributed by atoms with Gasteiger partial charge in [-0.25, -0.2) is 0 Å². The maximum atomic E-state index is 12.2. The minimum absolute atomic E-state index is 0.0581. The molecule has 0 radical (unpaired) electrons. The fourth-order valence-electron chi connectivity index (χ4n) is 2.74. The lowest BCUT2D eigenvalue weighted by molar-refractivity contribution is -0.119. The van der Waals surface area contributed by atoms with E-state index < -0.39 is 0 Å². The third kappa shape index (κ3) is 2.94. The second kappa shape index (κ2) is 4.86. The van der Waals surface area contributed by atoms with Crippen molar-refractivity contribution in [2.45, 2.75) is 45.6 Å². The standard InChI is InChI=1S/C17H22N2O2/c1-17(2,3)18-15(20)13-6-7-14-12(10-13)8-9-19(14)16(21)11-4-5-11/h6-7,10-11H,4-5,8-9H2,1-3H3,(H,18,20). The maximum Gasteiger partial charge on any atom is 0.251 e. The highest BCUT2D eigenvalue weighted by Crippen LogP contribution is 2.36. The van der Waals surface area contributed by atoms with Gasteiger partial charge >= 0.3 is 0 Å². The van der Waals surface area contributed by atoms with E-state index in [1.165, 1.54) is 0 Å². The molecule has 2 amide bonds. The Hall–Kier alpha value is -1.84. The summed E-state index contributed by atoms with van der Waals surface area (Å²) in [5, 5.41) is 2.97. The van der Waals surface area contributed by atoms with Crippen LogP contribution in [0.5, 0.6) is 0 Å². The number of hydrogen-bond acceptors (Lipinski definition) is 2. The van der Waals surface area contributed by atoms with Crippen molar-refractivity contribution in [2.24, 2.45) is 5.92 Å². The van der Waals surface area contributed by atoms with Crippen LogP contribution in [0.15, 0.2) is 18.2 Å². The Balaban J connectivity index is 1.80. The molecule has 1 heterocycles. The van der Waals surface area contributed by atoms with Crippen LogP contribution < -0.4 is 10.2 Å². The van der Waals surface area contributed by atoms with Gasteiger partial charge in [-0.1, -0.05) is 0 Å². The molecule has 0 bridgehead atoms. The van der Waals surface area contributed by atoms with Crippen LogP contribution in [0, 0.1) is 5.92 Å². The number of hydrogen-bond donors (Lipinski definition) is 1. The minimum atomic E-state index is -0.246. The van der Waals surface area contributed by atoms with Crippen LogP contribution in [0.2, 0.25) is 0 Å². The second-order valence-electron chi connectivity index (χ2n) is 7.06. The van der Waals surface area contributed by atoms with Crippen LogP contribution in [-0.2, 0) is 11.2 Å². The first-order valence-corrected chi connectivity index (χ1v) is 7.62. The summed E-state index contributed by atoms with van der Waals surface area (Å²) in [6.45, 7) is 6.64. The van der Waals surface area contributed by atoms with Crippen LogP contribution in [0.4, 0.5) is 5.69 Å². The Kier molecular flexibility index (Phi) is 3.27. The van der Waals surface area contributed by atoms with Gasteiger partial charge in [0.2, 0.25) is 5.91 Å². The Morgan fingerprint density at radius 1 is 1.24 bits per heavy atom. The van der Waals surface area contributed by atoms with Gasteiger partial charge in [0.25, 0.3) is 5.91 Å². The predicted octanol–water partition coefficient (Wildman–Crippen LogP) is 2.51. The highest BCUT2D eigenvalue weighted by atomic mass is 16.2. The van der Waals surface area contributed by atoms with E-state index in [0.29, 0.717) is 5.56 Å². The van der Waals surface area contributed by atoms with Gasteiger partial charge in [0, 0.05) is 29.3 Å². The predicted molar refractivity (Wildman–Crippen MR) is 82.4 cm³/mol. The van der Waals surface area contributed by atoms with Crippen molar-refractivity contribution < 1.29 is 9.59 Å². The topological polar surface area (TPSA) is 49.4 Å². The molecular weight excluding hydrogens is 264 g/mol. The van der Waals surface area contributed by atoms with Crippen molar-refractivity contribution in [3.05, 3.63) is 29.3 Å². The zero-order valence-electron chi connectivity index (χ0n) is 12.9. The minimum Gasteiger partial charge on any atom is -0.347 e. The van der Waals surface area contributed by atoms with E-state index in [4.69, 9.17) is 0 Å². The third-order valence-electron chi connectivity index (χ3n) is 3.92. The molecule has 0 aromatic heterocycles. The molecule has 1 aliphatic carbocycles. The molecule has 0 atom stereocenters. The number of carbonyl (C=O) groups is 2. The lowest BCUT2D eigenvalue weighted by atomic mass is 10.1. The van der Waals surface area contributed by atoms with Crippen molar-refractivity contribution in [3.63, 3.8) is 0 Å². The summed E-state index contributed by atoms with van der Waals surface area (Å²) in [6, 6.07) is 5.66. The first-order valence-electron chi connectivity index (χ1n) is 7.62. The molecule has 21 heavy (non-hydrogen) atoms. The summed E-state index contributed by atoms with van der Waals surface area (Å²) < 4.78 is 0. The molecule has 0 saturated heterocycles. The monoisotopic (exact) mass is 286 g/mol. The summed E-state index contributed by atoms with van der Waals surface area (Å²) in [6.07, 6.45) is 2.89. The number of anilines is 1. The Labute approximate surface area is 125 Å². The van der Waals surface area contributed by atoms with E-state index in [1.54, 1.807) is 0 Å². The smallest absolute Gasteiger partial charge is 0.251 e. The number of nitrogens with zero attached hydrogens (tertiary/aromatic N) is 1. The Morgan fingerprint density at radius 3 is 2.57 bits per heavy atom. The van der Waals surface area contributed by atoms with Crippen LogP contribution >= 0.6 is 0 Å². The van der Waals surface area contributed by atoms with Gasteiger partial charge in [0.05, 0.1) is 0 Å². The number of rotatable bonds is 2. The molecule has 1 N–H and O–H groups in total. The summed E-state index contributed by atoms with van der Waals surface area (Å²) in [5.74, 6) is 0.428. The first kappa shape index (κ1) is 14.1. The van der Waals surface area contributed by atoms with Crippen LogP contribution in [0.25, 0.3) is 0 Å². The Morgan fingerprint density at radius 2 is 1.95 bits per heavy atom. The largest absolute Gasteiger partial charge is 0.347 e. The maximum absolute atomic E-state index is 12.2. The summed E-state index contributed by atoms with van der Waals surface area (Å²) >= 11 is 0. The van der Waals surface area contributed by atoms with Crippen molar-refractivity contribution in [1.29, 1.82) is 0 Å². The van der Waals surface area contributed by atoms with Crippen molar-refractivity contribution in [3.8, 4) is 0 Å². The fraction of sp³-hybridized carbons (Fsp3) is 0.529. The third-order valence-corrected chi connectivity index (χ3v) is 3.92. The molecule has 4 heteroatoms. The Bertz CT molecular complexity index is 597. The molecule has 3 rings (SSSR count). The number of nitrogens with one attached hydrogen (secondary N) is 1. The highest BCUT2D eigenvalue weighted by Gasteiger charge is 2.36. The van der Waals surface area contributed by atoms with E-state index in [2.05, 4.69) is 5.32 Å². The normalized spacial score (nSPS) is 17.6. The highest BCUT2D eigenvalue weighted by molar-refractivity contribution is 6.00. The fourth-order valence-corrected chi connectivity index (χ4v) is 2.74. The molecule has 1 aliphatic heterocycles. The summed E-state index contributed by atoms with van der Waals surface area (Å²) in [7, 11) is 0. The van der Waals surface area contributed by atoms with Crippen LogP contribution in [0.1, 0.15) is 49.5 Å². The first-order chi connectivity index (χ1) is 9.85. The second-order valence-corrected chi connectivity index (χ2v) is 7.06. The van der Waals surface area contributed by atoms with Gasteiger partial charge in [-0.15, -0.1) is 0 Å². The van der Waals surface area contributed by atoms with E-state index in [-0.39, 0.29) is 23.3 Å². The van der Waals surface area contributed by atoms with Gasteiger partial charge in [0.15, 0.2) is 0 Å². The molecular formula is C17H22N2O2. The average molecular weight is 286 g/mol. The molecule has 112 valence electrons. The van der Waals surface area contributed by atoms with E-state index >= 15 is 0 Å². The van der Waals surface area contributed by atoms with Crippen LogP contribution in [-0.4, -0.2) is 23.9 Å². The zero-order valence-corrected chi connectivity index (χ0v) is 12.9. The average Bonchev–Trinajstić information content (AvgIpc) is 3.15. The van der Waals surface area contributed by atoms with Gasteiger partial charge in [-0.2, -0.15) is 0 Å². The number of benzene rings is 1. The summed E-state index contributed by atoms with van der Waals surface area (Å²) in [5.41, 5.74) is 2.51. The van der Waals surface area contributed by atoms with E-state index in [1.807, 2.05) is 43.9 Å². The van der Waals surface area contributed by atoms with Gasteiger partial charge in [-0.3, -0.25) is 9.59 Å². The van der Waals surface area contributed by atoms with Crippen molar-refractivity contribution in [1.82, 2.24) is 5.32 Å². The molecule has 2 aliphatic rings. The van der Waals surface area contributed by atoms with Crippen molar-refractivity contribution in [2.75, 3.05) is 11.4 Å². The molecule has 1 aromatic carbocycles. The quantitative estimate of drug-likeness (QED) is 0.908. The molecule has 1 saturated carbocycles. The van der Waals surface area contributed by atoms with Crippen molar-refractivity contribution >= 4 is 17.5 Å². The molecule has 1 fully saturated rings. The van der Waals surface area contributed by atoms with Gasteiger partial charge in [-0.05, 0) is 63.8 Å².